The number of amides is 3. The number of hydrogen-bond donors (Lipinski definition) is 1. The molecule has 0 unspecified atom stereocenters. The third kappa shape index (κ3) is 6.94. The van der Waals surface area contributed by atoms with Crippen LogP contribution in [0.15, 0.2) is 60.0 Å². The van der Waals surface area contributed by atoms with E-state index in [1.165, 1.54) is 10.4 Å². The molecule has 0 saturated carbocycles. The number of nitrogens with one attached hydrogen (secondary N) is 1. The van der Waals surface area contributed by atoms with Crippen molar-refractivity contribution >= 4 is 29.0 Å². The van der Waals surface area contributed by atoms with Crippen molar-refractivity contribution in [2.75, 3.05) is 18.4 Å². The molecule has 1 N–H and O–H groups in total. The van der Waals surface area contributed by atoms with Gasteiger partial charge in [0.1, 0.15) is 6.54 Å². The molecule has 1 heterocycles. The summed E-state index contributed by atoms with van der Waals surface area (Å²) in [4.78, 5) is 31.5. The quantitative estimate of drug-likeness (QED) is 0.388. The van der Waals surface area contributed by atoms with Gasteiger partial charge in [-0.05, 0) is 66.5 Å². The van der Waals surface area contributed by atoms with E-state index >= 15 is 0 Å². The molecular formula is C28H35N3O2S. The van der Waals surface area contributed by atoms with E-state index in [2.05, 4.69) is 37.5 Å². The number of carbonyl (C=O) groups excluding carboxylic acids is 2. The SMILES string of the molecule is Cc1ccsc1CN(Cc1ccccc1)C(=O)CN(CC(C)C)C(=O)Nc1cccc(C)c1C. The summed E-state index contributed by atoms with van der Waals surface area (Å²) in [5.41, 5.74) is 5.18. The molecule has 3 aromatic rings. The summed E-state index contributed by atoms with van der Waals surface area (Å²) in [5, 5.41) is 5.08. The Balaban J connectivity index is 1.79. The molecule has 0 radical (unpaired) electrons. The molecule has 0 fully saturated rings. The predicted molar refractivity (Wildman–Crippen MR) is 141 cm³/mol. The van der Waals surface area contributed by atoms with Crippen LogP contribution in [0.5, 0.6) is 0 Å². The van der Waals surface area contributed by atoms with Crippen molar-refractivity contribution in [1.82, 2.24) is 9.80 Å². The number of aryl methyl sites for hydroxylation is 2. The van der Waals surface area contributed by atoms with Crippen LogP contribution in [-0.4, -0.2) is 34.8 Å². The molecule has 3 rings (SSSR count). The third-order valence-electron chi connectivity index (χ3n) is 5.92. The van der Waals surface area contributed by atoms with E-state index in [-0.39, 0.29) is 24.4 Å². The Bertz CT molecular complexity index is 1110. The summed E-state index contributed by atoms with van der Waals surface area (Å²) in [6.07, 6.45) is 0. The maximum absolute atomic E-state index is 13.6. The molecule has 3 amide bonds. The number of rotatable bonds is 9. The Morgan fingerprint density at radius 2 is 1.62 bits per heavy atom. The second kappa shape index (κ2) is 11.8. The first-order valence-electron chi connectivity index (χ1n) is 11.7. The summed E-state index contributed by atoms with van der Waals surface area (Å²) in [6, 6.07) is 17.7. The van der Waals surface area contributed by atoms with E-state index in [0.29, 0.717) is 19.6 Å². The van der Waals surface area contributed by atoms with Gasteiger partial charge in [-0.3, -0.25) is 4.79 Å². The second-order valence-electron chi connectivity index (χ2n) is 9.21. The van der Waals surface area contributed by atoms with Crippen molar-refractivity contribution < 1.29 is 9.59 Å². The van der Waals surface area contributed by atoms with Crippen LogP contribution in [0, 0.1) is 26.7 Å². The van der Waals surface area contributed by atoms with E-state index in [1.807, 2.05) is 67.3 Å². The van der Waals surface area contributed by atoms with Crippen molar-refractivity contribution in [1.29, 1.82) is 0 Å². The highest BCUT2D eigenvalue weighted by molar-refractivity contribution is 7.10. The second-order valence-corrected chi connectivity index (χ2v) is 10.2. The van der Waals surface area contributed by atoms with Crippen LogP contribution < -0.4 is 5.32 Å². The zero-order chi connectivity index (χ0) is 24.7. The molecule has 6 heteroatoms. The average molecular weight is 478 g/mol. The van der Waals surface area contributed by atoms with Crippen LogP contribution in [0.1, 0.15) is 41.0 Å². The maximum Gasteiger partial charge on any atom is 0.322 e. The molecule has 0 aliphatic heterocycles. The third-order valence-corrected chi connectivity index (χ3v) is 6.92. The number of carbonyl (C=O) groups is 2. The van der Waals surface area contributed by atoms with Gasteiger partial charge in [-0.25, -0.2) is 4.79 Å². The number of anilines is 1. The van der Waals surface area contributed by atoms with Crippen LogP contribution in [0.25, 0.3) is 0 Å². The van der Waals surface area contributed by atoms with Gasteiger partial charge in [-0.1, -0.05) is 56.3 Å². The first-order valence-corrected chi connectivity index (χ1v) is 12.6. The molecule has 2 aromatic carbocycles. The molecule has 0 atom stereocenters. The summed E-state index contributed by atoms with van der Waals surface area (Å²) in [5.74, 6) is 0.174. The molecule has 0 aliphatic carbocycles. The van der Waals surface area contributed by atoms with Crippen molar-refractivity contribution in [3.63, 3.8) is 0 Å². The Morgan fingerprint density at radius 1 is 0.882 bits per heavy atom. The van der Waals surface area contributed by atoms with Crippen LogP contribution in [0.4, 0.5) is 10.5 Å². The number of hydrogen-bond acceptors (Lipinski definition) is 3. The van der Waals surface area contributed by atoms with E-state index in [0.717, 1.165) is 22.4 Å². The lowest BCUT2D eigenvalue weighted by Gasteiger charge is -2.29. The molecule has 0 saturated heterocycles. The first-order chi connectivity index (χ1) is 16.2. The first kappa shape index (κ1) is 25.5. The molecule has 180 valence electrons. The Morgan fingerprint density at radius 3 is 2.26 bits per heavy atom. The van der Waals surface area contributed by atoms with Gasteiger partial charge >= 0.3 is 6.03 Å². The van der Waals surface area contributed by atoms with Crippen LogP contribution >= 0.6 is 11.3 Å². The van der Waals surface area contributed by atoms with E-state index in [4.69, 9.17) is 0 Å². The van der Waals surface area contributed by atoms with Crippen molar-refractivity contribution in [2.45, 2.75) is 47.7 Å². The number of urea groups is 1. The standard InChI is InChI=1S/C28H35N3O2S/c1-20(2)16-31(28(33)29-25-13-9-10-21(3)23(25)5)19-27(32)30(17-24-11-7-6-8-12-24)18-26-22(4)14-15-34-26/h6-15,20H,16-19H2,1-5H3,(H,29,33). The number of nitrogens with zero attached hydrogens (tertiary/aromatic N) is 2. The molecule has 0 spiro atoms. The topological polar surface area (TPSA) is 52.7 Å². The van der Waals surface area contributed by atoms with E-state index < -0.39 is 0 Å². The van der Waals surface area contributed by atoms with Gasteiger partial charge in [0.25, 0.3) is 0 Å². The predicted octanol–water partition coefficient (Wildman–Crippen LogP) is 6.39. The Kier molecular flexibility index (Phi) is 8.88. The van der Waals surface area contributed by atoms with E-state index in [9.17, 15) is 9.59 Å². The fraction of sp³-hybridized carbons (Fsp3) is 0.357. The van der Waals surface area contributed by atoms with Crippen molar-refractivity contribution in [2.24, 2.45) is 5.92 Å². The summed E-state index contributed by atoms with van der Waals surface area (Å²) < 4.78 is 0. The van der Waals surface area contributed by atoms with Crippen LogP contribution in [0.3, 0.4) is 0 Å². The monoisotopic (exact) mass is 477 g/mol. The van der Waals surface area contributed by atoms with Gasteiger partial charge in [0.15, 0.2) is 0 Å². The number of benzene rings is 2. The lowest BCUT2D eigenvalue weighted by molar-refractivity contribution is -0.133. The Hall–Kier alpha value is -3.12. The minimum atomic E-state index is -0.247. The summed E-state index contributed by atoms with van der Waals surface area (Å²) in [6.45, 7) is 11.8. The lowest BCUT2D eigenvalue weighted by Crippen LogP contribution is -2.45. The average Bonchev–Trinajstić information content (AvgIpc) is 3.20. The number of thiophene rings is 1. The van der Waals surface area contributed by atoms with Gasteiger partial charge < -0.3 is 15.1 Å². The van der Waals surface area contributed by atoms with Crippen molar-refractivity contribution in [3.8, 4) is 0 Å². The normalized spacial score (nSPS) is 10.9. The fourth-order valence-corrected chi connectivity index (χ4v) is 4.70. The van der Waals surface area contributed by atoms with Crippen molar-refractivity contribution in [3.05, 3.63) is 87.1 Å². The smallest absolute Gasteiger partial charge is 0.322 e. The minimum Gasteiger partial charge on any atom is -0.332 e. The lowest BCUT2D eigenvalue weighted by atomic mass is 10.1. The zero-order valence-corrected chi connectivity index (χ0v) is 21.6. The largest absolute Gasteiger partial charge is 0.332 e. The minimum absolute atomic E-state index is 0.0339. The van der Waals surface area contributed by atoms with Gasteiger partial charge in [-0.2, -0.15) is 0 Å². The summed E-state index contributed by atoms with van der Waals surface area (Å²) in [7, 11) is 0. The molecular weight excluding hydrogens is 442 g/mol. The van der Waals surface area contributed by atoms with Crippen LogP contribution in [-0.2, 0) is 17.9 Å². The molecule has 0 bridgehead atoms. The van der Waals surface area contributed by atoms with Gasteiger partial charge in [0.2, 0.25) is 5.91 Å². The molecule has 5 nitrogen and oxygen atoms in total. The van der Waals surface area contributed by atoms with Gasteiger partial charge in [0, 0.05) is 23.7 Å². The van der Waals surface area contributed by atoms with Gasteiger partial charge in [-0.15, -0.1) is 11.3 Å². The molecule has 0 aliphatic rings. The zero-order valence-electron chi connectivity index (χ0n) is 20.8. The Labute approximate surface area is 207 Å². The molecule has 1 aromatic heterocycles. The highest BCUT2D eigenvalue weighted by Crippen LogP contribution is 2.21. The maximum atomic E-state index is 13.6. The molecule has 34 heavy (non-hydrogen) atoms. The fourth-order valence-electron chi connectivity index (χ4n) is 3.78. The highest BCUT2D eigenvalue weighted by Gasteiger charge is 2.24. The van der Waals surface area contributed by atoms with Crippen LogP contribution in [0.2, 0.25) is 0 Å². The summed E-state index contributed by atoms with van der Waals surface area (Å²) >= 11 is 1.66. The highest BCUT2D eigenvalue weighted by atomic mass is 32.1. The van der Waals surface area contributed by atoms with Gasteiger partial charge in [0.05, 0.1) is 6.54 Å². The van der Waals surface area contributed by atoms with E-state index in [1.54, 1.807) is 16.2 Å².